The summed E-state index contributed by atoms with van der Waals surface area (Å²) in [4.78, 5) is 11.5. The predicted molar refractivity (Wildman–Crippen MR) is 72.7 cm³/mol. The fraction of sp³-hybridized carbons (Fsp3) is 0.400. The van der Waals surface area contributed by atoms with Gasteiger partial charge in [-0.25, -0.2) is 4.79 Å². The predicted octanol–water partition coefficient (Wildman–Crippen LogP) is 2.50. The van der Waals surface area contributed by atoms with E-state index in [4.69, 9.17) is 9.47 Å². The van der Waals surface area contributed by atoms with Crippen LogP contribution in [0.15, 0.2) is 42.5 Å². The van der Waals surface area contributed by atoms with E-state index in [-0.39, 0.29) is 12.0 Å². The van der Waals surface area contributed by atoms with Gasteiger partial charge in [0, 0.05) is 12.5 Å². The second kappa shape index (κ2) is 6.95. The minimum atomic E-state index is -0.391. The Labute approximate surface area is 113 Å². The van der Waals surface area contributed by atoms with Crippen LogP contribution < -0.4 is 5.32 Å². The number of rotatable bonds is 5. The highest BCUT2D eigenvalue weighted by atomic mass is 16.6. The number of carbonyl (C=O) groups is 1. The van der Waals surface area contributed by atoms with Gasteiger partial charge >= 0.3 is 6.09 Å². The maximum atomic E-state index is 11.5. The Morgan fingerprint density at radius 1 is 1.47 bits per heavy atom. The Bertz CT molecular complexity index is 430. The van der Waals surface area contributed by atoms with Gasteiger partial charge in [0.1, 0.15) is 0 Å². The highest BCUT2D eigenvalue weighted by Gasteiger charge is 2.19. The molecule has 0 bridgehead atoms. The largest absolute Gasteiger partial charge is 0.449 e. The molecular weight excluding hydrogens is 242 g/mol. The number of nitrogens with one attached hydrogen (secondary N) is 1. The fourth-order valence-electron chi connectivity index (χ4n) is 1.89. The van der Waals surface area contributed by atoms with Gasteiger partial charge in [-0.1, -0.05) is 49.4 Å². The highest BCUT2D eigenvalue weighted by Crippen LogP contribution is 2.14. The Morgan fingerprint density at radius 2 is 2.26 bits per heavy atom. The number of amides is 1. The van der Waals surface area contributed by atoms with Gasteiger partial charge in [0.2, 0.25) is 0 Å². The van der Waals surface area contributed by atoms with Crippen molar-refractivity contribution in [3.63, 3.8) is 0 Å². The molecule has 0 spiro atoms. The van der Waals surface area contributed by atoms with Crippen molar-refractivity contribution in [2.45, 2.75) is 19.6 Å². The molecule has 1 aliphatic rings. The van der Waals surface area contributed by atoms with Crippen molar-refractivity contribution >= 4 is 6.09 Å². The normalized spacial score (nSPS) is 19.1. The Hall–Kier alpha value is -1.81. The lowest BCUT2D eigenvalue weighted by molar-refractivity contribution is 0.0499. The minimum Gasteiger partial charge on any atom is -0.449 e. The third-order valence-corrected chi connectivity index (χ3v) is 3.03. The van der Waals surface area contributed by atoms with Crippen LogP contribution >= 0.6 is 0 Å². The first kappa shape index (κ1) is 13.6. The molecular formula is C15H19NO3. The van der Waals surface area contributed by atoms with E-state index in [0.29, 0.717) is 19.8 Å². The Morgan fingerprint density at radius 3 is 2.95 bits per heavy atom. The van der Waals surface area contributed by atoms with E-state index in [1.54, 1.807) is 0 Å². The van der Waals surface area contributed by atoms with E-state index in [1.807, 2.05) is 49.4 Å². The van der Waals surface area contributed by atoms with Crippen LogP contribution in [0.25, 0.3) is 0 Å². The first-order chi connectivity index (χ1) is 9.25. The SMILES string of the molecule is CC(COC(=O)NCc1ccccc1)C1C=CCO1. The molecule has 0 radical (unpaired) electrons. The molecule has 4 nitrogen and oxygen atoms in total. The van der Waals surface area contributed by atoms with Crippen molar-refractivity contribution in [2.24, 2.45) is 5.92 Å². The van der Waals surface area contributed by atoms with Crippen molar-refractivity contribution in [3.05, 3.63) is 48.0 Å². The van der Waals surface area contributed by atoms with E-state index < -0.39 is 6.09 Å². The van der Waals surface area contributed by atoms with Gasteiger partial charge in [-0.15, -0.1) is 0 Å². The molecule has 2 atom stereocenters. The maximum Gasteiger partial charge on any atom is 0.407 e. The second-order valence-electron chi connectivity index (χ2n) is 4.64. The van der Waals surface area contributed by atoms with Crippen molar-refractivity contribution in [3.8, 4) is 0 Å². The van der Waals surface area contributed by atoms with Crippen LogP contribution in [0.4, 0.5) is 4.79 Å². The van der Waals surface area contributed by atoms with Gasteiger partial charge in [0.15, 0.2) is 0 Å². The van der Waals surface area contributed by atoms with E-state index in [2.05, 4.69) is 5.32 Å². The standard InChI is InChI=1S/C15H19NO3/c1-12(14-8-5-9-18-14)11-19-15(17)16-10-13-6-3-2-4-7-13/h2-8,12,14H,9-11H2,1H3,(H,16,17). The zero-order valence-corrected chi connectivity index (χ0v) is 11.0. The molecule has 0 saturated carbocycles. The van der Waals surface area contributed by atoms with Gasteiger partial charge in [-0.3, -0.25) is 0 Å². The quantitative estimate of drug-likeness (QED) is 0.828. The summed E-state index contributed by atoms with van der Waals surface area (Å²) in [5.41, 5.74) is 1.05. The molecule has 0 aromatic heterocycles. The number of ether oxygens (including phenoxy) is 2. The molecule has 2 rings (SSSR count). The Kier molecular flexibility index (Phi) is 4.98. The number of alkyl carbamates (subject to hydrolysis) is 1. The van der Waals surface area contributed by atoms with Crippen molar-refractivity contribution in [2.75, 3.05) is 13.2 Å². The van der Waals surface area contributed by atoms with Crippen LogP contribution in [0.1, 0.15) is 12.5 Å². The average molecular weight is 261 g/mol. The molecule has 0 aliphatic carbocycles. The van der Waals surface area contributed by atoms with Crippen LogP contribution in [-0.4, -0.2) is 25.4 Å². The topological polar surface area (TPSA) is 47.6 Å². The van der Waals surface area contributed by atoms with Crippen LogP contribution in [0.2, 0.25) is 0 Å². The van der Waals surface area contributed by atoms with Crippen molar-refractivity contribution in [1.29, 1.82) is 0 Å². The summed E-state index contributed by atoms with van der Waals surface area (Å²) in [5.74, 6) is 0.168. The molecule has 1 amide bonds. The van der Waals surface area contributed by atoms with Crippen LogP contribution in [0, 0.1) is 5.92 Å². The molecule has 0 fully saturated rings. The minimum absolute atomic E-state index is 0.0573. The van der Waals surface area contributed by atoms with Crippen LogP contribution in [0.5, 0.6) is 0 Å². The summed E-state index contributed by atoms with van der Waals surface area (Å²) >= 11 is 0. The molecule has 1 aromatic carbocycles. The van der Waals surface area contributed by atoms with E-state index in [1.165, 1.54) is 0 Å². The molecule has 1 N–H and O–H groups in total. The lowest BCUT2D eigenvalue weighted by Crippen LogP contribution is -2.28. The number of carbonyl (C=O) groups excluding carboxylic acids is 1. The summed E-state index contributed by atoms with van der Waals surface area (Å²) in [6.45, 7) is 3.49. The lowest BCUT2D eigenvalue weighted by Gasteiger charge is -2.17. The molecule has 1 aromatic rings. The van der Waals surface area contributed by atoms with E-state index in [9.17, 15) is 4.79 Å². The van der Waals surface area contributed by atoms with Crippen LogP contribution in [0.3, 0.4) is 0 Å². The van der Waals surface area contributed by atoms with Gasteiger partial charge < -0.3 is 14.8 Å². The fourth-order valence-corrected chi connectivity index (χ4v) is 1.89. The zero-order valence-electron chi connectivity index (χ0n) is 11.0. The lowest BCUT2D eigenvalue weighted by atomic mass is 10.1. The third kappa shape index (κ3) is 4.41. The molecule has 0 saturated heterocycles. The molecule has 19 heavy (non-hydrogen) atoms. The summed E-state index contributed by atoms with van der Waals surface area (Å²) < 4.78 is 10.6. The van der Waals surface area contributed by atoms with E-state index >= 15 is 0 Å². The number of hydrogen-bond donors (Lipinski definition) is 1. The number of benzene rings is 1. The third-order valence-electron chi connectivity index (χ3n) is 3.03. The smallest absolute Gasteiger partial charge is 0.407 e. The maximum absolute atomic E-state index is 11.5. The molecule has 1 heterocycles. The van der Waals surface area contributed by atoms with Gasteiger partial charge in [0.25, 0.3) is 0 Å². The van der Waals surface area contributed by atoms with E-state index in [0.717, 1.165) is 5.56 Å². The van der Waals surface area contributed by atoms with Gasteiger partial charge in [-0.2, -0.15) is 0 Å². The average Bonchev–Trinajstić information content (AvgIpc) is 2.98. The first-order valence-electron chi connectivity index (χ1n) is 6.48. The highest BCUT2D eigenvalue weighted by molar-refractivity contribution is 5.67. The first-order valence-corrected chi connectivity index (χ1v) is 6.48. The van der Waals surface area contributed by atoms with Gasteiger partial charge in [0.05, 0.1) is 19.3 Å². The van der Waals surface area contributed by atoms with Crippen LogP contribution in [-0.2, 0) is 16.0 Å². The second-order valence-corrected chi connectivity index (χ2v) is 4.64. The molecule has 4 heteroatoms. The molecule has 1 aliphatic heterocycles. The van der Waals surface area contributed by atoms with Gasteiger partial charge in [-0.05, 0) is 5.56 Å². The zero-order chi connectivity index (χ0) is 13.5. The Balaban J connectivity index is 1.65. The summed E-state index contributed by atoms with van der Waals surface area (Å²) in [6, 6.07) is 9.74. The van der Waals surface area contributed by atoms with Crippen molar-refractivity contribution < 1.29 is 14.3 Å². The molecule has 2 unspecified atom stereocenters. The summed E-state index contributed by atoms with van der Waals surface area (Å²) in [6.07, 6.45) is 3.66. The molecule has 102 valence electrons. The monoisotopic (exact) mass is 261 g/mol. The van der Waals surface area contributed by atoms with Crippen molar-refractivity contribution in [1.82, 2.24) is 5.32 Å². The summed E-state index contributed by atoms with van der Waals surface area (Å²) in [7, 11) is 0. The number of hydrogen-bond acceptors (Lipinski definition) is 3. The summed E-state index contributed by atoms with van der Waals surface area (Å²) in [5, 5.41) is 2.72.